The fourth-order valence-electron chi connectivity index (χ4n) is 6.39. The predicted octanol–water partition coefficient (Wildman–Crippen LogP) is 3.41. The number of methoxy groups -OCH3 is 1. The first-order valence-corrected chi connectivity index (χ1v) is 9.83. The molecule has 1 aromatic carbocycles. The van der Waals surface area contributed by atoms with Crippen LogP contribution in [0.1, 0.15) is 73.6 Å². The molecule has 3 aliphatic carbocycles. The summed E-state index contributed by atoms with van der Waals surface area (Å²) in [5.74, 6) is 1.91. The van der Waals surface area contributed by atoms with Gasteiger partial charge in [0.25, 0.3) is 0 Å². The predicted molar refractivity (Wildman–Crippen MR) is 94.6 cm³/mol. The van der Waals surface area contributed by atoms with Crippen LogP contribution in [0.3, 0.4) is 0 Å². The Morgan fingerprint density at radius 3 is 2.79 bits per heavy atom. The zero-order chi connectivity index (χ0) is 16.5. The Morgan fingerprint density at radius 2 is 2.00 bits per heavy atom. The first kappa shape index (κ1) is 15.2. The van der Waals surface area contributed by atoms with Gasteiger partial charge in [-0.15, -0.1) is 0 Å². The van der Waals surface area contributed by atoms with Gasteiger partial charge in [-0.05, 0) is 92.5 Å². The Kier molecular flexibility index (Phi) is 3.31. The molecule has 2 N–H and O–H groups in total. The van der Waals surface area contributed by atoms with Gasteiger partial charge >= 0.3 is 0 Å². The summed E-state index contributed by atoms with van der Waals surface area (Å²) in [5, 5.41) is 15.6. The Balaban J connectivity index is 1.68. The van der Waals surface area contributed by atoms with Gasteiger partial charge in [-0.3, -0.25) is 0 Å². The lowest BCUT2D eigenvalue weighted by atomic mass is 9.67. The van der Waals surface area contributed by atoms with E-state index in [9.17, 15) is 5.11 Å². The molecule has 4 aliphatic rings. The van der Waals surface area contributed by atoms with E-state index in [0.29, 0.717) is 23.9 Å². The molecule has 0 spiro atoms. The van der Waals surface area contributed by atoms with Crippen molar-refractivity contribution in [2.75, 3.05) is 7.11 Å². The minimum absolute atomic E-state index is 0.359. The minimum atomic E-state index is -0.643. The second-order valence-electron chi connectivity index (χ2n) is 8.62. The standard InChI is InChI=1S/C21H29NO2/c1-12-7-8-16-18(22-12)9-13-11-21(16,23)17-10-19(24-2)14-5-3-4-6-15(14)20(13)17/h10,12-13,16,18,22-23H,3-9,11H2,1-2H3/t12?,13-,16+,18+,21+/m0/s1. The molecule has 5 atom stereocenters. The van der Waals surface area contributed by atoms with E-state index in [2.05, 4.69) is 18.3 Å². The van der Waals surface area contributed by atoms with Crippen molar-refractivity contribution in [3.05, 3.63) is 28.3 Å². The molecule has 3 heteroatoms. The highest BCUT2D eigenvalue weighted by molar-refractivity contribution is 5.57. The maximum Gasteiger partial charge on any atom is 0.122 e. The third-order valence-electron chi connectivity index (χ3n) is 7.35. The molecule has 1 saturated carbocycles. The van der Waals surface area contributed by atoms with Gasteiger partial charge < -0.3 is 15.2 Å². The van der Waals surface area contributed by atoms with Gasteiger partial charge in [0.1, 0.15) is 5.75 Å². The smallest absolute Gasteiger partial charge is 0.122 e. The van der Waals surface area contributed by atoms with Crippen LogP contribution in [-0.2, 0) is 18.4 Å². The van der Waals surface area contributed by atoms with E-state index in [4.69, 9.17) is 4.74 Å². The Labute approximate surface area is 144 Å². The van der Waals surface area contributed by atoms with E-state index in [0.717, 1.165) is 25.0 Å². The first-order valence-electron chi connectivity index (χ1n) is 9.83. The molecule has 24 heavy (non-hydrogen) atoms. The largest absolute Gasteiger partial charge is 0.496 e. The lowest BCUT2D eigenvalue weighted by molar-refractivity contribution is -0.0770. The summed E-state index contributed by atoms with van der Waals surface area (Å²) >= 11 is 0. The Bertz CT molecular complexity index is 685. The zero-order valence-corrected chi connectivity index (χ0v) is 14.9. The molecule has 130 valence electrons. The zero-order valence-electron chi connectivity index (χ0n) is 14.9. The molecular weight excluding hydrogens is 298 g/mol. The molecule has 0 radical (unpaired) electrons. The lowest BCUT2D eigenvalue weighted by Gasteiger charge is -2.47. The van der Waals surface area contributed by atoms with Crippen molar-refractivity contribution in [2.45, 2.75) is 81.9 Å². The number of hydrogen-bond acceptors (Lipinski definition) is 3. The second-order valence-corrected chi connectivity index (χ2v) is 8.62. The number of fused-ring (bicyclic) bond motifs is 9. The second kappa shape index (κ2) is 5.22. The SMILES string of the molecule is COc1cc2c(c3c1CCCC3)[C@H]1C[C@H]3NC(C)CC[C@H]3[C@]2(O)C1. The molecule has 1 heterocycles. The normalized spacial score (nSPS) is 39.8. The average Bonchev–Trinajstić information content (AvgIpc) is 2.82. The van der Waals surface area contributed by atoms with E-state index in [1.54, 1.807) is 7.11 Å². The first-order chi connectivity index (χ1) is 11.6. The van der Waals surface area contributed by atoms with Crippen LogP contribution in [0.4, 0.5) is 0 Å². The van der Waals surface area contributed by atoms with Crippen molar-refractivity contribution in [3.8, 4) is 5.75 Å². The van der Waals surface area contributed by atoms with Gasteiger partial charge in [-0.2, -0.15) is 0 Å². The Hall–Kier alpha value is -1.06. The topological polar surface area (TPSA) is 41.5 Å². The fraction of sp³-hybridized carbons (Fsp3) is 0.714. The average molecular weight is 327 g/mol. The Morgan fingerprint density at radius 1 is 1.21 bits per heavy atom. The summed E-state index contributed by atoms with van der Waals surface area (Å²) in [6, 6.07) is 3.26. The molecule has 1 unspecified atom stereocenters. The van der Waals surface area contributed by atoms with Crippen LogP contribution in [0.5, 0.6) is 5.75 Å². The summed E-state index contributed by atoms with van der Waals surface area (Å²) < 4.78 is 5.76. The van der Waals surface area contributed by atoms with Crippen LogP contribution < -0.4 is 10.1 Å². The van der Waals surface area contributed by atoms with Gasteiger partial charge in [0.05, 0.1) is 12.7 Å². The molecular formula is C21H29NO2. The fourth-order valence-corrected chi connectivity index (χ4v) is 6.39. The van der Waals surface area contributed by atoms with E-state index < -0.39 is 5.60 Å². The number of ether oxygens (including phenoxy) is 1. The third kappa shape index (κ3) is 1.91. The number of benzene rings is 1. The summed E-state index contributed by atoms with van der Waals surface area (Å²) in [5.41, 5.74) is 5.05. The van der Waals surface area contributed by atoms with Crippen molar-refractivity contribution in [1.29, 1.82) is 0 Å². The lowest BCUT2D eigenvalue weighted by Crippen LogP contribution is -2.55. The molecule has 5 rings (SSSR count). The molecule has 3 nitrogen and oxygen atoms in total. The molecule has 1 aliphatic heterocycles. The van der Waals surface area contributed by atoms with Crippen molar-refractivity contribution >= 4 is 0 Å². The molecule has 0 aromatic heterocycles. The van der Waals surface area contributed by atoms with Crippen LogP contribution in [-0.4, -0.2) is 24.3 Å². The van der Waals surface area contributed by atoms with Crippen LogP contribution in [0.25, 0.3) is 0 Å². The van der Waals surface area contributed by atoms with Gasteiger partial charge in [0.2, 0.25) is 0 Å². The van der Waals surface area contributed by atoms with E-state index >= 15 is 0 Å². The quantitative estimate of drug-likeness (QED) is 0.830. The van der Waals surface area contributed by atoms with Crippen LogP contribution in [0.2, 0.25) is 0 Å². The van der Waals surface area contributed by atoms with Crippen molar-refractivity contribution in [3.63, 3.8) is 0 Å². The van der Waals surface area contributed by atoms with E-state index in [1.807, 2.05) is 0 Å². The van der Waals surface area contributed by atoms with Gasteiger partial charge in [0, 0.05) is 18.0 Å². The molecule has 1 aromatic rings. The number of aliphatic hydroxyl groups is 1. The maximum atomic E-state index is 11.8. The summed E-state index contributed by atoms with van der Waals surface area (Å²) in [6.45, 7) is 2.29. The highest BCUT2D eigenvalue weighted by Gasteiger charge is 2.56. The summed E-state index contributed by atoms with van der Waals surface area (Å²) in [6.07, 6.45) is 9.29. The van der Waals surface area contributed by atoms with Crippen LogP contribution in [0, 0.1) is 5.92 Å². The van der Waals surface area contributed by atoms with Crippen molar-refractivity contribution < 1.29 is 9.84 Å². The number of nitrogens with one attached hydrogen (secondary N) is 1. The monoisotopic (exact) mass is 327 g/mol. The van der Waals surface area contributed by atoms with Crippen molar-refractivity contribution in [2.24, 2.45) is 5.92 Å². The number of piperidine rings is 1. The third-order valence-corrected chi connectivity index (χ3v) is 7.35. The van der Waals surface area contributed by atoms with Crippen LogP contribution in [0.15, 0.2) is 6.07 Å². The summed E-state index contributed by atoms with van der Waals surface area (Å²) in [4.78, 5) is 0. The maximum absolute atomic E-state index is 11.8. The molecule has 2 bridgehead atoms. The van der Waals surface area contributed by atoms with E-state index in [1.165, 1.54) is 54.4 Å². The highest BCUT2D eigenvalue weighted by atomic mass is 16.5. The minimum Gasteiger partial charge on any atom is -0.496 e. The molecule has 1 saturated heterocycles. The summed E-state index contributed by atoms with van der Waals surface area (Å²) in [7, 11) is 1.79. The molecule has 0 amide bonds. The van der Waals surface area contributed by atoms with Gasteiger partial charge in [-0.25, -0.2) is 0 Å². The van der Waals surface area contributed by atoms with Gasteiger partial charge in [0.15, 0.2) is 0 Å². The van der Waals surface area contributed by atoms with Gasteiger partial charge in [-0.1, -0.05) is 0 Å². The number of rotatable bonds is 1. The van der Waals surface area contributed by atoms with E-state index in [-0.39, 0.29) is 0 Å². The number of hydrogen-bond donors (Lipinski definition) is 2. The molecule has 2 fully saturated rings. The highest BCUT2D eigenvalue weighted by Crippen LogP contribution is 2.60. The van der Waals surface area contributed by atoms with Crippen LogP contribution >= 0.6 is 0 Å². The van der Waals surface area contributed by atoms with Crippen molar-refractivity contribution in [1.82, 2.24) is 5.32 Å².